The van der Waals surface area contributed by atoms with E-state index in [1.165, 1.54) is 0 Å². The Hall–Kier alpha value is -1.57. The molecule has 2 unspecified atom stereocenters. The van der Waals surface area contributed by atoms with Crippen LogP contribution in [0.5, 0.6) is 0 Å². The highest BCUT2D eigenvalue weighted by Crippen LogP contribution is 2.42. The van der Waals surface area contributed by atoms with E-state index in [0.717, 1.165) is 49.7 Å². The molecule has 0 amide bonds. The normalized spacial score (nSPS) is 22.8. The van der Waals surface area contributed by atoms with Crippen molar-refractivity contribution < 1.29 is 45.1 Å². The van der Waals surface area contributed by atoms with Crippen molar-refractivity contribution in [1.29, 1.82) is 0 Å². The Morgan fingerprint density at radius 2 is 1.52 bits per heavy atom. The Morgan fingerprint density at radius 1 is 1.00 bits per heavy atom. The van der Waals surface area contributed by atoms with E-state index in [9.17, 15) is 26.7 Å². The molecular weight excluding hydrogens is 474 g/mol. The van der Waals surface area contributed by atoms with Crippen LogP contribution in [0.3, 0.4) is 0 Å². The maximum absolute atomic E-state index is 12.9. The van der Waals surface area contributed by atoms with Crippen LogP contribution < -0.4 is 0 Å². The SMILES string of the molecule is C[N+]1(C)CCC(OC(=O)C(O)(c2ccccc2)C2CCCC2)C1.O=S(=O)(O)CCS(=O)(=O)O. The van der Waals surface area contributed by atoms with Crippen LogP contribution in [0.15, 0.2) is 30.3 Å². The highest BCUT2D eigenvalue weighted by molar-refractivity contribution is 7.89. The number of hydrogen-bond donors (Lipinski definition) is 3. The zero-order valence-corrected chi connectivity index (χ0v) is 20.6. The Balaban J connectivity index is 0.000000328. The van der Waals surface area contributed by atoms with Gasteiger partial charge in [0.2, 0.25) is 0 Å². The molecule has 2 fully saturated rings. The Morgan fingerprint density at radius 3 is 1.94 bits per heavy atom. The third-order valence-electron chi connectivity index (χ3n) is 6.10. The summed E-state index contributed by atoms with van der Waals surface area (Å²) in [5, 5.41) is 11.4. The van der Waals surface area contributed by atoms with Crippen LogP contribution in [0.25, 0.3) is 0 Å². The predicted octanol–water partition coefficient (Wildman–Crippen LogP) is 1.22. The van der Waals surface area contributed by atoms with Gasteiger partial charge in [-0.1, -0.05) is 43.2 Å². The van der Waals surface area contributed by atoms with E-state index in [1.54, 1.807) is 0 Å². The van der Waals surface area contributed by atoms with Gasteiger partial charge in [-0.2, -0.15) is 16.8 Å². The standard InChI is InChI=1S/C19H28NO3.C2H6O6S2/c1-20(2)13-12-17(14-20)23-18(21)19(22,16-10-6-7-11-16)15-8-4-3-5-9-15;3-9(4,5)1-2-10(6,7)8/h3-5,8-9,16-17,22H,6-7,10-14H2,1-2H3;1-2H2,(H,3,4,5)(H,6,7,8)/q+1;. The van der Waals surface area contributed by atoms with Crippen LogP contribution in [-0.4, -0.2) is 86.3 Å². The minimum atomic E-state index is -4.30. The molecule has 0 spiro atoms. The lowest BCUT2D eigenvalue weighted by Gasteiger charge is -2.33. The summed E-state index contributed by atoms with van der Waals surface area (Å²) in [5.41, 5.74) is -0.832. The summed E-state index contributed by atoms with van der Waals surface area (Å²) >= 11 is 0. The summed E-state index contributed by atoms with van der Waals surface area (Å²) in [4.78, 5) is 12.9. The van der Waals surface area contributed by atoms with Crippen LogP contribution in [0, 0.1) is 5.92 Å². The van der Waals surface area contributed by atoms with Crippen molar-refractivity contribution in [2.75, 3.05) is 38.7 Å². The van der Waals surface area contributed by atoms with Crippen LogP contribution in [-0.2, 0) is 35.4 Å². The van der Waals surface area contributed by atoms with Gasteiger partial charge in [0.05, 0.1) is 32.1 Å². The Bertz CT molecular complexity index is 971. The molecule has 0 bridgehead atoms. The van der Waals surface area contributed by atoms with Gasteiger partial charge in [-0.3, -0.25) is 9.11 Å². The number of carbonyl (C=O) groups is 1. The van der Waals surface area contributed by atoms with Gasteiger partial charge >= 0.3 is 5.97 Å². The van der Waals surface area contributed by atoms with E-state index in [0.29, 0.717) is 5.56 Å². The van der Waals surface area contributed by atoms with Crippen molar-refractivity contribution in [1.82, 2.24) is 0 Å². The summed E-state index contributed by atoms with van der Waals surface area (Å²) in [6, 6.07) is 9.33. The molecule has 1 heterocycles. The van der Waals surface area contributed by atoms with Crippen LogP contribution in [0.1, 0.15) is 37.7 Å². The lowest BCUT2D eigenvalue weighted by Crippen LogP contribution is -2.46. The summed E-state index contributed by atoms with van der Waals surface area (Å²) < 4.78 is 62.0. The summed E-state index contributed by atoms with van der Waals surface area (Å²) in [6.45, 7) is 1.83. The van der Waals surface area contributed by atoms with E-state index >= 15 is 0 Å². The van der Waals surface area contributed by atoms with Gasteiger partial charge in [-0.15, -0.1) is 0 Å². The number of aliphatic hydroxyl groups is 1. The molecule has 2 atom stereocenters. The topological polar surface area (TPSA) is 155 Å². The van der Waals surface area contributed by atoms with Gasteiger partial charge in [0.15, 0.2) is 11.7 Å². The van der Waals surface area contributed by atoms with Crippen molar-refractivity contribution in [3.05, 3.63) is 35.9 Å². The molecule has 0 aromatic heterocycles. The lowest BCUT2D eigenvalue weighted by atomic mass is 9.80. The Labute approximate surface area is 195 Å². The molecule has 1 aromatic carbocycles. The number of likely N-dealkylation sites (tertiary alicyclic amines) is 1. The number of nitrogens with zero attached hydrogens (tertiary/aromatic N) is 1. The smallest absolute Gasteiger partial charge is 0.343 e. The molecule has 188 valence electrons. The molecule has 3 N–H and O–H groups in total. The minimum absolute atomic E-state index is 0.0405. The first-order valence-corrected chi connectivity index (χ1v) is 14.1. The van der Waals surface area contributed by atoms with Gasteiger partial charge in [-0.05, 0) is 18.4 Å². The first-order chi connectivity index (χ1) is 15.1. The molecule has 33 heavy (non-hydrogen) atoms. The number of rotatable bonds is 7. The van der Waals surface area contributed by atoms with Crippen molar-refractivity contribution in [3.8, 4) is 0 Å². The first-order valence-electron chi connectivity index (χ1n) is 10.8. The van der Waals surface area contributed by atoms with Gasteiger partial charge < -0.3 is 14.3 Å². The average molecular weight is 509 g/mol. The molecule has 1 saturated heterocycles. The van der Waals surface area contributed by atoms with E-state index < -0.39 is 43.3 Å². The van der Waals surface area contributed by atoms with Crippen molar-refractivity contribution in [2.45, 2.75) is 43.8 Å². The summed E-state index contributed by atoms with van der Waals surface area (Å²) in [7, 11) is -4.30. The van der Waals surface area contributed by atoms with Crippen LogP contribution in [0.2, 0.25) is 0 Å². The lowest BCUT2D eigenvalue weighted by molar-refractivity contribution is -0.879. The van der Waals surface area contributed by atoms with Crippen LogP contribution >= 0.6 is 0 Å². The molecule has 1 aliphatic carbocycles. The van der Waals surface area contributed by atoms with E-state index in [1.807, 2.05) is 30.3 Å². The summed E-state index contributed by atoms with van der Waals surface area (Å²) in [6.07, 6.45) is 4.68. The minimum Gasteiger partial charge on any atom is -0.454 e. The predicted molar refractivity (Wildman–Crippen MR) is 121 cm³/mol. The number of quaternary nitrogens is 1. The second-order valence-corrected chi connectivity index (χ2v) is 12.5. The fraction of sp³-hybridized carbons (Fsp3) is 0.667. The second-order valence-electron chi connectivity index (χ2n) is 9.34. The summed E-state index contributed by atoms with van der Waals surface area (Å²) in [5.74, 6) is -2.46. The highest BCUT2D eigenvalue weighted by Gasteiger charge is 2.49. The number of hydrogen-bond acceptors (Lipinski definition) is 7. The molecule has 1 aromatic rings. The molecule has 0 radical (unpaired) electrons. The molecule has 1 saturated carbocycles. The van der Waals surface area contributed by atoms with Crippen molar-refractivity contribution in [2.24, 2.45) is 5.92 Å². The van der Waals surface area contributed by atoms with Gasteiger partial charge in [0, 0.05) is 12.3 Å². The quantitative estimate of drug-likeness (QED) is 0.280. The second kappa shape index (κ2) is 10.8. The third-order valence-corrected chi connectivity index (χ3v) is 7.80. The Kier molecular flexibility index (Phi) is 9.05. The average Bonchev–Trinajstić information content (AvgIpc) is 3.36. The fourth-order valence-corrected chi connectivity index (χ4v) is 6.02. The first kappa shape index (κ1) is 27.7. The monoisotopic (exact) mass is 508 g/mol. The number of ether oxygens (including phenoxy) is 1. The fourth-order valence-electron chi connectivity index (χ4n) is 4.33. The molecule has 3 rings (SSSR count). The maximum Gasteiger partial charge on any atom is 0.343 e. The number of likely N-dealkylation sites (N-methyl/N-ethyl adjacent to an activating group) is 1. The molecule has 10 nitrogen and oxygen atoms in total. The molecule has 12 heteroatoms. The zero-order valence-electron chi connectivity index (χ0n) is 19.0. The zero-order chi connectivity index (χ0) is 24.9. The van der Waals surface area contributed by atoms with Crippen molar-refractivity contribution in [3.63, 3.8) is 0 Å². The largest absolute Gasteiger partial charge is 0.454 e. The van der Waals surface area contributed by atoms with E-state index in [4.69, 9.17) is 13.8 Å². The van der Waals surface area contributed by atoms with Crippen LogP contribution in [0.4, 0.5) is 0 Å². The van der Waals surface area contributed by atoms with Crippen molar-refractivity contribution >= 4 is 26.2 Å². The van der Waals surface area contributed by atoms with E-state index in [-0.39, 0.29) is 12.0 Å². The number of benzene rings is 1. The van der Waals surface area contributed by atoms with Gasteiger partial charge in [0.25, 0.3) is 20.2 Å². The third kappa shape index (κ3) is 8.62. The maximum atomic E-state index is 12.9. The van der Waals surface area contributed by atoms with E-state index in [2.05, 4.69) is 14.1 Å². The van der Waals surface area contributed by atoms with Gasteiger partial charge in [-0.25, -0.2) is 4.79 Å². The van der Waals surface area contributed by atoms with Gasteiger partial charge in [0.1, 0.15) is 6.54 Å². The molecule has 2 aliphatic rings. The molecule has 1 aliphatic heterocycles. The number of carbonyl (C=O) groups excluding carboxylic acids is 1. The number of esters is 1. The molecular formula is C21H34NO9S2+. The highest BCUT2D eigenvalue weighted by atomic mass is 32.2.